The van der Waals surface area contributed by atoms with Gasteiger partial charge in [0, 0.05) is 0 Å². The summed E-state index contributed by atoms with van der Waals surface area (Å²) < 4.78 is 0. The summed E-state index contributed by atoms with van der Waals surface area (Å²) >= 11 is 0. The van der Waals surface area contributed by atoms with Gasteiger partial charge < -0.3 is 10.4 Å². The van der Waals surface area contributed by atoms with E-state index in [1.54, 1.807) is 12.1 Å². The Labute approximate surface area is 90.1 Å². The highest BCUT2D eigenvalue weighted by molar-refractivity contribution is 5.89. The molecule has 0 fully saturated rings. The first-order valence-electron chi connectivity index (χ1n) is 5.27. The normalized spacial score (nSPS) is 10.2. The predicted octanol–water partition coefficient (Wildman–Crippen LogP) is 1.93. The number of carboxylic acids is 1. The Morgan fingerprint density at radius 3 is 2.73 bits per heavy atom. The van der Waals surface area contributed by atoms with Crippen molar-refractivity contribution in [3.8, 4) is 0 Å². The first-order chi connectivity index (χ1) is 7.25. The first-order valence-corrected chi connectivity index (χ1v) is 5.27. The van der Waals surface area contributed by atoms with Crippen molar-refractivity contribution in [1.82, 2.24) is 5.32 Å². The van der Waals surface area contributed by atoms with Gasteiger partial charge in [-0.3, -0.25) is 0 Å². The minimum atomic E-state index is -0.846. The molecule has 1 rings (SSSR count). The number of hydrogen-bond donors (Lipinski definition) is 2. The van der Waals surface area contributed by atoms with Crippen LogP contribution in [0.15, 0.2) is 24.3 Å². The molecule has 0 amide bonds. The average molecular weight is 207 g/mol. The lowest BCUT2D eigenvalue weighted by Crippen LogP contribution is -2.18. The second kappa shape index (κ2) is 6.19. The van der Waals surface area contributed by atoms with Crippen LogP contribution in [0.2, 0.25) is 0 Å². The van der Waals surface area contributed by atoms with Crippen LogP contribution in [0.5, 0.6) is 0 Å². The standard InChI is InChI=1S/C12H17NO2/c1-2-8-13-9-7-10-5-3-4-6-11(10)12(14)15/h3-6,13H,2,7-9H2,1H3,(H,14,15). The van der Waals surface area contributed by atoms with Gasteiger partial charge in [0.1, 0.15) is 0 Å². The zero-order valence-electron chi connectivity index (χ0n) is 8.99. The Morgan fingerprint density at radius 2 is 2.07 bits per heavy atom. The molecule has 82 valence electrons. The minimum Gasteiger partial charge on any atom is -0.478 e. The fraction of sp³-hybridized carbons (Fsp3) is 0.417. The summed E-state index contributed by atoms with van der Waals surface area (Å²) in [6, 6.07) is 7.16. The Kier molecular flexibility index (Phi) is 4.84. The number of benzene rings is 1. The third-order valence-corrected chi connectivity index (χ3v) is 2.25. The third-order valence-electron chi connectivity index (χ3n) is 2.25. The molecule has 0 spiro atoms. The molecule has 0 heterocycles. The van der Waals surface area contributed by atoms with E-state index in [4.69, 9.17) is 5.11 Å². The van der Waals surface area contributed by atoms with Crippen molar-refractivity contribution in [1.29, 1.82) is 0 Å². The molecule has 0 aliphatic heterocycles. The average Bonchev–Trinajstić information content (AvgIpc) is 2.25. The first kappa shape index (κ1) is 11.7. The number of rotatable bonds is 6. The fourth-order valence-electron chi connectivity index (χ4n) is 1.47. The van der Waals surface area contributed by atoms with Gasteiger partial charge in [-0.25, -0.2) is 4.79 Å². The van der Waals surface area contributed by atoms with Gasteiger partial charge in [0.15, 0.2) is 0 Å². The SMILES string of the molecule is CCCNCCc1ccccc1C(=O)O. The second-order valence-corrected chi connectivity index (χ2v) is 3.46. The van der Waals surface area contributed by atoms with E-state index in [0.29, 0.717) is 5.56 Å². The maximum absolute atomic E-state index is 10.9. The molecule has 3 heteroatoms. The summed E-state index contributed by atoms with van der Waals surface area (Å²) in [7, 11) is 0. The molecule has 0 aliphatic carbocycles. The summed E-state index contributed by atoms with van der Waals surface area (Å²) in [6.07, 6.45) is 1.86. The zero-order chi connectivity index (χ0) is 11.1. The van der Waals surface area contributed by atoms with Crippen molar-refractivity contribution in [3.05, 3.63) is 35.4 Å². The summed E-state index contributed by atoms with van der Waals surface area (Å²) in [4.78, 5) is 10.9. The quantitative estimate of drug-likeness (QED) is 0.701. The van der Waals surface area contributed by atoms with Gasteiger partial charge in [0.05, 0.1) is 5.56 Å². The highest BCUT2D eigenvalue weighted by atomic mass is 16.4. The monoisotopic (exact) mass is 207 g/mol. The van der Waals surface area contributed by atoms with Gasteiger partial charge in [-0.05, 0) is 37.6 Å². The number of hydrogen-bond acceptors (Lipinski definition) is 2. The summed E-state index contributed by atoms with van der Waals surface area (Å²) in [5.74, 6) is -0.846. The molecule has 0 radical (unpaired) electrons. The van der Waals surface area contributed by atoms with Crippen LogP contribution in [0.3, 0.4) is 0 Å². The molecule has 15 heavy (non-hydrogen) atoms. The van der Waals surface area contributed by atoms with Crippen molar-refractivity contribution in [2.24, 2.45) is 0 Å². The lowest BCUT2D eigenvalue weighted by atomic mass is 10.0. The predicted molar refractivity (Wildman–Crippen MR) is 60.3 cm³/mol. The highest BCUT2D eigenvalue weighted by Crippen LogP contribution is 2.08. The highest BCUT2D eigenvalue weighted by Gasteiger charge is 2.07. The molecule has 0 aliphatic rings. The summed E-state index contributed by atoms with van der Waals surface area (Å²) in [6.45, 7) is 3.92. The summed E-state index contributed by atoms with van der Waals surface area (Å²) in [5, 5.41) is 12.2. The minimum absolute atomic E-state index is 0.413. The van der Waals surface area contributed by atoms with E-state index < -0.39 is 5.97 Å². The smallest absolute Gasteiger partial charge is 0.335 e. The molecular formula is C12H17NO2. The Hall–Kier alpha value is -1.35. The van der Waals surface area contributed by atoms with Crippen molar-refractivity contribution >= 4 is 5.97 Å². The fourth-order valence-corrected chi connectivity index (χ4v) is 1.47. The number of nitrogens with one attached hydrogen (secondary N) is 1. The molecule has 0 saturated heterocycles. The van der Waals surface area contributed by atoms with Crippen molar-refractivity contribution in [2.45, 2.75) is 19.8 Å². The third kappa shape index (κ3) is 3.72. The van der Waals surface area contributed by atoms with Gasteiger partial charge in [0.25, 0.3) is 0 Å². The number of aromatic carboxylic acids is 1. The van der Waals surface area contributed by atoms with Crippen molar-refractivity contribution < 1.29 is 9.90 Å². The van der Waals surface area contributed by atoms with E-state index in [9.17, 15) is 4.79 Å². The molecule has 0 saturated carbocycles. The van der Waals surface area contributed by atoms with Crippen LogP contribution < -0.4 is 5.32 Å². The van der Waals surface area contributed by atoms with Crippen LogP contribution in [0.4, 0.5) is 0 Å². The van der Waals surface area contributed by atoms with Crippen molar-refractivity contribution in [2.75, 3.05) is 13.1 Å². The van der Waals surface area contributed by atoms with Crippen molar-refractivity contribution in [3.63, 3.8) is 0 Å². The maximum atomic E-state index is 10.9. The number of carboxylic acid groups (broad SMARTS) is 1. The van der Waals surface area contributed by atoms with E-state index in [2.05, 4.69) is 12.2 Å². The van der Waals surface area contributed by atoms with E-state index in [1.165, 1.54) is 0 Å². The maximum Gasteiger partial charge on any atom is 0.335 e. The van der Waals surface area contributed by atoms with Gasteiger partial charge in [-0.1, -0.05) is 25.1 Å². The lowest BCUT2D eigenvalue weighted by Gasteiger charge is -2.06. The van der Waals surface area contributed by atoms with Crippen LogP contribution in [0, 0.1) is 0 Å². The largest absolute Gasteiger partial charge is 0.478 e. The van der Waals surface area contributed by atoms with Crippen LogP contribution >= 0.6 is 0 Å². The van der Waals surface area contributed by atoms with E-state index in [0.717, 1.165) is 31.5 Å². The molecule has 1 aromatic rings. The molecular weight excluding hydrogens is 190 g/mol. The van der Waals surface area contributed by atoms with Gasteiger partial charge in [-0.15, -0.1) is 0 Å². The Bertz CT molecular complexity index is 323. The van der Waals surface area contributed by atoms with E-state index in [-0.39, 0.29) is 0 Å². The van der Waals surface area contributed by atoms with Gasteiger partial charge in [-0.2, -0.15) is 0 Å². The van der Waals surface area contributed by atoms with Crippen LogP contribution in [-0.2, 0) is 6.42 Å². The topological polar surface area (TPSA) is 49.3 Å². The second-order valence-electron chi connectivity index (χ2n) is 3.46. The zero-order valence-corrected chi connectivity index (χ0v) is 8.99. The molecule has 3 nitrogen and oxygen atoms in total. The van der Waals surface area contributed by atoms with E-state index >= 15 is 0 Å². The van der Waals surface area contributed by atoms with Crippen LogP contribution in [-0.4, -0.2) is 24.2 Å². The molecule has 1 aromatic carbocycles. The Balaban J connectivity index is 2.56. The Morgan fingerprint density at radius 1 is 1.33 bits per heavy atom. The molecule has 0 aromatic heterocycles. The van der Waals surface area contributed by atoms with Crippen LogP contribution in [0.25, 0.3) is 0 Å². The lowest BCUT2D eigenvalue weighted by molar-refractivity contribution is 0.0695. The number of carbonyl (C=O) groups is 1. The summed E-state index contributed by atoms with van der Waals surface area (Å²) in [5.41, 5.74) is 1.31. The van der Waals surface area contributed by atoms with Gasteiger partial charge >= 0.3 is 5.97 Å². The molecule has 0 atom stereocenters. The van der Waals surface area contributed by atoms with Gasteiger partial charge in [0.2, 0.25) is 0 Å². The molecule has 0 unspecified atom stereocenters. The van der Waals surface area contributed by atoms with Crippen LogP contribution in [0.1, 0.15) is 29.3 Å². The van der Waals surface area contributed by atoms with E-state index in [1.807, 2.05) is 12.1 Å². The molecule has 2 N–H and O–H groups in total. The molecule has 0 bridgehead atoms.